The van der Waals surface area contributed by atoms with Crippen molar-refractivity contribution in [3.63, 3.8) is 0 Å². The molecule has 1 heterocycles. The Balaban J connectivity index is 2.91. The van der Waals surface area contributed by atoms with E-state index in [1.54, 1.807) is 0 Å². The summed E-state index contributed by atoms with van der Waals surface area (Å²) in [5.41, 5.74) is 2.05. The third-order valence-electron chi connectivity index (χ3n) is 3.37. The summed E-state index contributed by atoms with van der Waals surface area (Å²) in [7, 11) is 0. The Kier molecular flexibility index (Phi) is 3.62. The van der Waals surface area contributed by atoms with Gasteiger partial charge in [0.05, 0.1) is 5.92 Å². The van der Waals surface area contributed by atoms with E-state index in [4.69, 9.17) is 10.8 Å². The van der Waals surface area contributed by atoms with E-state index < -0.39 is 35.6 Å². The van der Waals surface area contributed by atoms with Crippen molar-refractivity contribution in [3.05, 3.63) is 0 Å². The van der Waals surface area contributed by atoms with Crippen LogP contribution in [0.15, 0.2) is 0 Å². The standard InChI is InChI=1S/C10H15F3N2O3/c1-5-6(7(16)17)3-4-15(5)8(18)9(2,14)10(11,12)13/h5-6H,3-4,14H2,1-2H3,(H,16,17). The molecule has 0 bridgehead atoms. The predicted molar refractivity (Wildman–Crippen MR) is 55.6 cm³/mol. The van der Waals surface area contributed by atoms with Gasteiger partial charge in [0.25, 0.3) is 5.91 Å². The fourth-order valence-electron chi connectivity index (χ4n) is 1.98. The number of carboxylic acid groups (broad SMARTS) is 1. The predicted octanol–water partition coefficient (Wildman–Crippen LogP) is 0.588. The van der Waals surface area contributed by atoms with Crippen LogP contribution in [0.1, 0.15) is 20.3 Å². The summed E-state index contributed by atoms with van der Waals surface area (Å²) in [4.78, 5) is 23.5. The molecule has 1 rings (SSSR count). The normalized spacial score (nSPS) is 28.0. The molecule has 3 N–H and O–H groups in total. The Hall–Kier alpha value is -1.31. The second-order valence-corrected chi connectivity index (χ2v) is 4.67. The van der Waals surface area contributed by atoms with Crippen molar-refractivity contribution in [3.8, 4) is 0 Å². The second-order valence-electron chi connectivity index (χ2n) is 4.67. The van der Waals surface area contributed by atoms with Gasteiger partial charge in [0, 0.05) is 12.6 Å². The molecule has 0 aliphatic carbocycles. The van der Waals surface area contributed by atoms with Crippen LogP contribution in [0.5, 0.6) is 0 Å². The Labute approximate surface area is 102 Å². The summed E-state index contributed by atoms with van der Waals surface area (Å²) in [5.74, 6) is -3.26. The van der Waals surface area contributed by atoms with Crippen molar-refractivity contribution in [2.75, 3.05) is 6.54 Å². The molecule has 8 heteroatoms. The molecule has 0 aromatic carbocycles. The zero-order chi connectivity index (χ0) is 14.3. The van der Waals surface area contributed by atoms with Crippen LogP contribution < -0.4 is 5.73 Å². The van der Waals surface area contributed by atoms with Crippen LogP contribution >= 0.6 is 0 Å². The molecule has 1 aliphatic rings. The summed E-state index contributed by atoms with van der Waals surface area (Å²) in [6.07, 6.45) is -4.73. The highest BCUT2D eigenvalue weighted by Crippen LogP contribution is 2.33. The fraction of sp³-hybridized carbons (Fsp3) is 0.800. The van der Waals surface area contributed by atoms with Crippen molar-refractivity contribution in [2.24, 2.45) is 11.7 Å². The van der Waals surface area contributed by atoms with E-state index in [1.165, 1.54) is 6.92 Å². The highest BCUT2D eigenvalue weighted by molar-refractivity contribution is 5.88. The summed E-state index contributed by atoms with van der Waals surface area (Å²) in [6.45, 7) is 1.98. The number of aliphatic carboxylic acids is 1. The third kappa shape index (κ3) is 2.29. The van der Waals surface area contributed by atoms with E-state index >= 15 is 0 Å². The molecule has 0 radical (unpaired) electrons. The molecule has 0 aromatic rings. The fourth-order valence-corrected chi connectivity index (χ4v) is 1.98. The largest absolute Gasteiger partial charge is 0.481 e. The molecule has 1 saturated heterocycles. The van der Waals surface area contributed by atoms with E-state index in [9.17, 15) is 22.8 Å². The number of nitrogens with two attached hydrogens (primary N) is 1. The van der Waals surface area contributed by atoms with Gasteiger partial charge < -0.3 is 15.7 Å². The number of likely N-dealkylation sites (tertiary alicyclic amines) is 1. The maximum Gasteiger partial charge on any atom is 0.415 e. The summed E-state index contributed by atoms with van der Waals surface area (Å²) in [6, 6.07) is -0.791. The molecular formula is C10H15F3N2O3. The highest BCUT2D eigenvalue weighted by Gasteiger charge is 2.57. The van der Waals surface area contributed by atoms with Gasteiger partial charge in [-0.3, -0.25) is 9.59 Å². The molecule has 0 saturated carbocycles. The first-order chi connectivity index (χ1) is 8.00. The minimum atomic E-state index is -4.87. The molecule has 0 aromatic heterocycles. The van der Waals surface area contributed by atoms with Gasteiger partial charge in [-0.1, -0.05) is 0 Å². The summed E-state index contributed by atoms with van der Waals surface area (Å²) in [5, 5.41) is 8.85. The van der Waals surface area contributed by atoms with Gasteiger partial charge in [0.15, 0.2) is 5.54 Å². The van der Waals surface area contributed by atoms with E-state index in [0.29, 0.717) is 6.92 Å². The molecule has 1 amide bonds. The number of carbonyl (C=O) groups excluding carboxylic acids is 1. The van der Waals surface area contributed by atoms with Gasteiger partial charge in [-0.15, -0.1) is 0 Å². The monoisotopic (exact) mass is 268 g/mol. The summed E-state index contributed by atoms with van der Waals surface area (Å²) >= 11 is 0. The minimum absolute atomic E-state index is 0.0279. The average Bonchev–Trinajstić information content (AvgIpc) is 2.57. The van der Waals surface area contributed by atoms with E-state index in [2.05, 4.69) is 0 Å². The number of alkyl halides is 3. The van der Waals surface area contributed by atoms with Crippen LogP contribution in [-0.2, 0) is 9.59 Å². The first-order valence-corrected chi connectivity index (χ1v) is 5.39. The lowest BCUT2D eigenvalue weighted by Crippen LogP contribution is -2.62. The smallest absolute Gasteiger partial charge is 0.415 e. The van der Waals surface area contributed by atoms with Crippen LogP contribution in [0.4, 0.5) is 13.2 Å². The average molecular weight is 268 g/mol. The van der Waals surface area contributed by atoms with Crippen molar-refractivity contribution in [1.29, 1.82) is 0 Å². The Morgan fingerprint density at radius 1 is 1.39 bits per heavy atom. The number of halogens is 3. The first-order valence-electron chi connectivity index (χ1n) is 5.39. The van der Waals surface area contributed by atoms with Gasteiger partial charge in [-0.25, -0.2) is 0 Å². The minimum Gasteiger partial charge on any atom is -0.481 e. The maximum atomic E-state index is 12.6. The molecule has 1 fully saturated rings. The molecule has 18 heavy (non-hydrogen) atoms. The molecule has 104 valence electrons. The van der Waals surface area contributed by atoms with Crippen molar-refractivity contribution >= 4 is 11.9 Å². The zero-order valence-corrected chi connectivity index (χ0v) is 9.99. The zero-order valence-electron chi connectivity index (χ0n) is 9.99. The molecule has 0 spiro atoms. The lowest BCUT2D eigenvalue weighted by atomic mass is 9.99. The molecule has 5 nitrogen and oxygen atoms in total. The Morgan fingerprint density at radius 2 is 1.89 bits per heavy atom. The number of nitrogens with zero attached hydrogens (tertiary/aromatic N) is 1. The van der Waals surface area contributed by atoms with Crippen molar-refractivity contribution < 1.29 is 27.9 Å². The number of rotatable bonds is 2. The second kappa shape index (κ2) is 4.42. The molecule has 3 unspecified atom stereocenters. The van der Waals surface area contributed by atoms with Gasteiger partial charge in [-0.2, -0.15) is 13.2 Å². The van der Waals surface area contributed by atoms with E-state index in [1.807, 2.05) is 0 Å². The highest BCUT2D eigenvalue weighted by atomic mass is 19.4. The lowest BCUT2D eigenvalue weighted by molar-refractivity contribution is -0.194. The van der Waals surface area contributed by atoms with Crippen LogP contribution in [0, 0.1) is 5.92 Å². The molecular weight excluding hydrogens is 253 g/mol. The van der Waals surface area contributed by atoms with Gasteiger partial charge in [0.2, 0.25) is 0 Å². The Bertz CT molecular complexity index is 368. The quantitative estimate of drug-likeness (QED) is 0.767. The summed E-state index contributed by atoms with van der Waals surface area (Å²) < 4.78 is 37.9. The number of hydrogen-bond donors (Lipinski definition) is 2. The third-order valence-corrected chi connectivity index (χ3v) is 3.37. The SMILES string of the molecule is CC1C(C(=O)O)CCN1C(=O)C(C)(N)C(F)(F)F. The van der Waals surface area contributed by atoms with E-state index in [0.717, 1.165) is 4.90 Å². The van der Waals surface area contributed by atoms with Crippen LogP contribution in [0.3, 0.4) is 0 Å². The topological polar surface area (TPSA) is 83.6 Å². The maximum absolute atomic E-state index is 12.6. The van der Waals surface area contributed by atoms with Crippen LogP contribution in [0.2, 0.25) is 0 Å². The van der Waals surface area contributed by atoms with Crippen LogP contribution in [0.25, 0.3) is 0 Å². The lowest BCUT2D eigenvalue weighted by Gasteiger charge is -2.33. The van der Waals surface area contributed by atoms with Crippen LogP contribution in [-0.4, -0.2) is 46.2 Å². The van der Waals surface area contributed by atoms with Gasteiger partial charge >= 0.3 is 12.1 Å². The number of carboxylic acids is 1. The number of amides is 1. The Morgan fingerprint density at radius 3 is 2.22 bits per heavy atom. The van der Waals surface area contributed by atoms with E-state index in [-0.39, 0.29) is 13.0 Å². The van der Waals surface area contributed by atoms with Gasteiger partial charge in [0.1, 0.15) is 0 Å². The first kappa shape index (κ1) is 14.7. The van der Waals surface area contributed by atoms with Crippen molar-refractivity contribution in [2.45, 2.75) is 38.0 Å². The number of carbonyl (C=O) groups is 2. The molecule has 3 atom stereocenters. The van der Waals surface area contributed by atoms with Crippen molar-refractivity contribution in [1.82, 2.24) is 4.90 Å². The van der Waals surface area contributed by atoms with Gasteiger partial charge in [-0.05, 0) is 20.3 Å². The molecule has 1 aliphatic heterocycles. The number of hydrogen-bond acceptors (Lipinski definition) is 3.